The van der Waals surface area contributed by atoms with Crippen LogP contribution in [-0.4, -0.2) is 15.0 Å². The predicted molar refractivity (Wildman–Crippen MR) is 66.6 cm³/mol. The third kappa shape index (κ3) is 2.00. The summed E-state index contributed by atoms with van der Waals surface area (Å²) in [5.41, 5.74) is 0.608. The normalized spacial score (nSPS) is 12.0. The van der Waals surface area contributed by atoms with Gasteiger partial charge in [0.1, 0.15) is 5.82 Å². The molecule has 84 valence electrons. The SMILES string of the molecule is CC(C)(C)c1nc2cc(Br)cnc2c(=O)[nH]1. The second kappa shape index (κ2) is 3.66. The van der Waals surface area contributed by atoms with Gasteiger partial charge in [-0.25, -0.2) is 9.97 Å². The highest BCUT2D eigenvalue weighted by atomic mass is 79.9. The van der Waals surface area contributed by atoms with Crippen molar-refractivity contribution < 1.29 is 0 Å². The molecule has 2 rings (SSSR count). The summed E-state index contributed by atoms with van der Waals surface area (Å²) in [6.45, 7) is 6.01. The van der Waals surface area contributed by atoms with E-state index in [1.807, 2.05) is 20.8 Å². The summed E-state index contributed by atoms with van der Waals surface area (Å²) in [4.78, 5) is 23.0. The summed E-state index contributed by atoms with van der Waals surface area (Å²) < 4.78 is 0.818. The highest BCUT2D eigenvalue weighted by Gasteiger charge is 2.18. The number of hydrogen-bond donors (Lipinski definition) is 1. The summed E-state index contributed by atoms with van der Waals surface area (Å²) in [5, 5.41) is 0. The van der Waals surface area contributed by atoms with Gasteiger partial charge in [0.05, 0.1) is 5.52 Å². The smallest absolute Gasteiger partial charge is 0.277 e. The van der Waals surface area contributed by atoms with Gasteiger partial charge in [-0.05, 0) is 22.0 Å². The van der Waals surface area contributed by atoms with E-state index in [4.69, 9.17) is 0 Å². The fourth-order valence-corrected chi connectivity index (χ4v) is 1.68. The van der Waals surface area contributed by atoms with Gasteiger partial charge in [-0.2, -0.15) is 0 Å². The minimum absolute atomic E-state index is 0.185. The molecule has 0 fully saturated rings. The number of hydrogen-bond acceptors (Lipinski definition) is 3. The molecule has 0 amide bonds. The van der Waals surface area contributed by atoms with Crippen LogP contribution < -0.4 is 5.56 Å². The maximum atomic E-state index is 11.8. The number of pyridine rings is 1. The lowest BCUT2D eigenvalue weighted by atomic mass is 9.96. The van der Waals surface area contributed by atoms with Crippen molar-refractivity contribution in [3.05, 3.63) is 32.9 Å². The molecule has 2 aromatic heterocycles. The van der Waals surface area contributed by atoms with E-state index in [1.54, 1.807) is 12.3 Å². The number of H-pyrrole nitrogens is 1. The van der Waals surface area contributed by atoms with Crippen LogP contribution in [0.2, 0.25) is 0 Å². The topological polar surface area (TPSA) is 58.6 Å². The van der Waals surface area contributed by atoms with E-state index in [0.29, 0.717) is 16.9 Å². The minimum atomic E-state index is -0.192. The van der Waals surface area contributed by atoms with Crippen LogP contribution in [0.15, 0.2) is 21.5 Å². The van der Waals surface area contributed by atoms with Crippen molar-refractivity contribution in [3.63, 3.8) is 0 Å². The molecule has 0 unspecified atom stereocenters. The number of nitrogens with zero attached hydrogens (tertiary/aromatic N) is 2. The Kier molecular flexibility index (Phi) is 2.58. The average Bonchev–Trinajstić information content (AvgIpc) is 2.15. The summed E-state index contributed by atoms with van der Waals surface area (Å²) >= 11 is 3.32. The number of aromatic amines is 1. The Bertz CT molecular complexity index is 598. The average molecular weight is 282 g/mol. The first kappa shape index (κ1) is 11.3. The molecule has 5 heteroatoms. The Morgan fingerprint density at radius 1 is 1.38 bits per heavy atom. The molecule has 0 bridgehead atoms. The molecule has 0 radical (unpaired) electrons. The second-order valence-electron chi connectivity index (χ2n) is 4.69. The van der Waals surface area contributed by atoms with Crippen LogP contribution in [0.1, 0.15) is 26.6 Å². The molecule has 2 heterocycles. The van der Waals surface area contributed by atoms with Gasteiger partial charge in [0.2, 0.25) is 0 Å². The third-order valence-electron chi connectivity index (χ3n) is 2.22. The van der Waals surface area contributed by atoms with Crippen molar-refractivity contribution in [1.29, 1.82) is 0 Å². The van der Waals surface area contributed by atoms with Crippen molar-refractivity contribution in [3.8, 4) is 0 Å². The van der Waals surface area contributed by atoms with Gasteiger partial charge < -0.3 is 4.98 Å². The lowest BCUT2D eigenvalue weighted by Crippen LogP contribution is -2.22. The molecular formula is C11H12BrN3O. The van der Waals surface area contributed by atoms with Crippen molar-refractivity contribution in [1.82, 2.24) is 15.0 Å². The van der Waals surface area contributed by atoms with Gasteiger partial charge in [0.25, 0.3) is 5.56 Å². The molecule has 4 nitrogen and oxygen atoms in total. The van der Waals surface area contributed by atoms with E-state index in [1.165, 1.54) is 0 Å². The Hall–Kier alpha value is -1.23. The van der Waals surface area contributed by atoms with E-state index in [2.05, 4.69) is 30.9 Å². The van der Waals surface area contributed by atoms with Crippen LogP contribution in [0, 0.1) is 0 Å². The first-order chi connectivity index (χ1) is 7.38. The Morgan fingerprint density at radius 3 is 2.69 bits per heavy atom. The fourth-order valence-electron chi connectivity index (χ4n) is 1.36. The first-order valence-corrected chi connectivity index (χ1v) is 5.73. The van der Waals surface area contributed by atoms with E-state index in [-0.39, 0.29) is 11.0 Å². The van der Waals surface area contributed by atoms with Gasteiger partial charge in [0, 0.05) is 16.1 Å². The third-order valence-corrected chi connectivity index (χ3v) is 2.66. The summed E-state index contributed by atoms with van der Waals surface area (Å²) in [6, 6.07) is 1.80. The van der Waals surface area contributed by atoms with Crippen LogP contribution in [0.4, 0.5) is 0 Å². The summed E-state index contributed by atoms with van der Waals surface area (Å²) in [7, 11) is 0. The zero-order chi connectivity index (χ0) is 11.9. The van der Waals surface area contributed by atoms with Gasteiger partial charge >= 0.3 is 0 Å². The monoisotopic (exact) mass is 281 g/mol. The number of rotatable bonds is 0. The van der Waals surface area contributed by atoms with E-state index >= 15 is 0 Å². The largest absolute Gasteiger partial charge is 0.308 e. The lowest BCUT2D eigenvalue weighted by molar-refractivity contribution is 0.546. The molecule has 0 aliphatic rings. The van der Waals surface area contributed by atoms with Gasteiger partial charge in [-0.15, -0.1) is 0 Å². The van der Waals surface area contributed by atoms with E-state index in [9.17, 15) is 4.79 Å². The Morgan fingerprint density at radius 2 is 2.06 bits per heavy atom. The number of halogens is 1. The zero-order valence-electron chi connectivity index (χ0n) is 9.34. The summed E-state index contributed by atoms with van der Waals surface area (Å²) in [5.74, 6) is 0.671. The highest BCUT2D eigenvalue weighted by Crippen LogP contribution is 2.19. The van der Waals surface area contributed by atoms with Crippen molar-refractivity contribution >= 4 is 27.0 Å². The van der Waals surface area contributed by atoms with Crippen molar-refractivity contribution in [2.75, 3.05) is 0 Å². The van der Waals surface area contributed by atoms with Crippen molar-refractivity contribution in [2.45, 2.75) is 26.2 Å². The molecule has 0 aliphatic carbocycles. The summed E-state index contributed by atoms with van der Waals surface area (Å²) in [6.07, 6.45) is 1.59. The zero-order valence-corrected chi connectivity index (χ0v) is 10.9. The fraction of sp³-hybridized carbons (Fsp3) is 0.364. The molecule has 0 saturated carbocycles. The molecule has 2 aromatic rings. The Labute approximate surface area is 101 Å². The van der Waals surface area contributed by atoms with Gasteiger partial charge in [0.15, 0.2) is 5.52 Å². The molecular weight excluding hydrogens is 270 g/mol. The standard InChI is InChI=1S/C11H12BrN3O/c1-11(2,3)10-14-7-4-6(12)5-13-8(7)9(16)15-10/h4-5H,1-3H3,(H,14,15,16). The lowest BCUT2D eigenvalue weighted by Gasteiger charge is -2.16. The van der Waals surface area contributed by atoms with Gasteiger partial charge in [-0.1, -0.05) is 20.8 Å². The maximum absolute atomic E-state index is 11.8. The van der Waals surface area contributed by atoms with E-state index in [0.717, 1.165) is 4.47 Å². The number of aromatic nitrogens is 3. The van der Waals surface area contributed by atoms with Crippen LogP contribution in [0.5, 0.6) is 0 Å². The van der Waals surface area contributed by atoms with E-state index < -0.39 is 0 Å². The number of fused-ring (bicyclic) bond motifs is 1. The molecule has 1 N–H and O–H groups in total. The van der Waals surface area contributed by atoms with Crippen molar-refractivity contribution in [2.24, 2.45) is 0 Å². The first-order valence-electron chi connectivity index (χ1n) is 4.94. The minimum Gasteiger partial charge on any atom is -0.308 e. The maximum Gasteiger partial charge on any atom is 0.277 e. The molecule has 0 aliphatic heterocycles. The second-order valence-corrected chi connectivity index (χ2v) is 5.60. The van der Waals surface area contributed by atoms with Crippen LogP contribution in [-0.2, 0) is 5.41 Å². The molecule has 16 heavy (non-hydrogen) atoms. The van der Waals surface area contributed by atoms with Crippen LogP contribution >= 0.6 is 15.9 Å². The van der Waals surface area contributed by atoms with Crippen LogP contribution in [0.25, 0.3) is 11.0 Å². The van der Waals surface area contributed by atoms with Gasteiger partial charge in [-0.3, -0.25) is 4.79 Å². The quantitative estimate of drug-likeness (QED) is 0.807. The molecule has 0 saturated heterocycles. The Balaban J connectivity index is 2.80. The van der Waals surface area contributed by atoms with Crippen LogP contribution in [0.3, 0.4) is 0 Å². The molecule has 0 atom stereocenters. The molecule has 0 spiro atoms. The number of nitrogens with one attached hydrogen (secondary N) is 1. The highest BCUT2D eigenvalue weighted by molar-refractivity contribution is 9.10. The predicted octanol–water partition coefficient (Wildman–Crippen LogP) is 2.38. The molecule has 0 aromatic carbocycles.